The minimum atomic E-state index is -0.0270. The molecule has 126 valence electrons. The van der Waals surface area contributed by atoms with Gasteiger partial charge in [0.05, 0.1) is 0 Å². The van der Waals surface area contributed by atoms with E-state index in [4.69, 9.17) is 0 Å². The van der Waals surface area contributed by atoms with Crippen molar-refractivity contribution in [2.75, 3.05) is 43.4 Å². The zero-order valence-electron chi connectivity index (χ0n) is 14.4. The smallest absolute Gasteiger partial charge is 0.272 e. The van der Waals surface area contributed by atoms with Crippen LogP contribution in [0.5, 0.6) is 0 Å². The lowest BCUT2D eigenvalue weighted by Crippen LogP contribution is -2.49. The number of hydrogen-bond donors (Lipinski definition) is 1. The van der Waals surface area contributed by atoms with Crippen LogP contribution >= 0.6 is 0 Å². The Bertz CT molecular complexity index is 738. The lowest BCUT2D eigenvalue weighted by atomic mass is 10.2. The Balaban J connectivity index is 1.68. The molecule has 0 unspecified atom stereocenters. The highest BCUT2D eigenvalue weighted by atomic mass is 16.2. The number of carbonyl (C=O) groups is 1. The molecule has 2 aromatic rings. The van der Waals surface area contributed by atoms with Crippen molar-refractivity contribution >= 4 is 17.5 Å². The summed E-state index contributed by atoms with van der Waals surface area (Å²) in [5.41, 5.74) is 3.71. The van der Waals surface area contributed by atoms with Gasteiger partial charge in [-0.25, -0.2) is 9.97 Å². The molecule has 1 aromatic heterocycles. The highest BCUT2D eigenvalue weighted by Crippen LogP contribution is 2.18. The Morgan fingerprint density at radius 3 is 2.50 bits per heavy atom. The van der Waals surface area contributed by atoms with Gasteiger partial charge in [0.25, 0.3) is 5.91 Å². The summed E-state index contributed by atoms with van der Waals surface area (Å²) in [6, 6.07) is 10.2. The van der Waals surface area contributed by atoms with Crippen LogP contribution in [-0.2, 0) is 0 Å². The summed E-state index contributed by atoms with van der Waals surface area (Å²) >= 11 is 0. The Labute approximate surface area is 142 Å². The second kappa shape index (κ2) is 6.86. The fourth-order valence-corrected chi connectivity index (χ4v) is 2.94. The van der Waals surface area contributed by atoms with E-state index in [9.17, 15) is 4.79 Å². The number of aromatic nitrogens is 2. The first-order chi connectivity index (χ1) is 11.6. The molecule has 3 rings (SSSR count). The van der Waals surface area contributed by atoms with Gasteiger partial charge in [0.1, 0.15) is 5.69 Å². The van der Waals surface area contributed by atoms with E-state index in [2.05, 4.69) is 51.4 Å². The molecule has 0 atom stereocenters. The molecule has 0 spiro atoms. The summed E-state index contributed by atoms with van der Waals surface area (Å²) < 4.78 is 0. The van der Waals surface area contributed by atoms with Crippen LogP contribution in [0.4, 0.5) is 11.6 Å². The normalized spacial score (nSPS) is 14.6. The Morgan fingerprint density at radius 2 is 1.83 bits per heavy atom. The largest absolute Gasteiger partial charge is 0.368 e. The second-order valence-electron chi connectivity index (χ2n) is 6.09. The van der Waals surface area contributed by atoms with Crippen LogP contribution in [0.2, 0.25) is 0 Å². The summed E-state index contributed by atoms with van der Waals surface area (Å²) in [4.78, 5) is 25.4. The van der Waals surface area contributed by atoms with Gasteiger partial charge in [0.15, 0.2) is 0 Å². The molecule has 1 amide bonds. The number of carbonyl (C=O) groups excluding carboxylic acids is 1. The van der Waals surface area contributed by atoms with Crippen LogP contribution in [0.25, 0.3) is 0 Å². The van der Waals surface area contributed by atoms with Gasteiger partial charge >= 0.3 is 0 Å². The third kappa shape index (κ3) is 3.48. The number of nitrogens with zero attached hydrogens (tertiary/aromatic N) is 4. The third-order valence-corrected chi connectivity index (χ3v) is 4.23. The number of nitrogens with one attached hydrogen (secondary N) is 1. The quantitative estimate of drug-likeness (QED) is 0.936. The fraction of sp³-hybridized carbons (Fsp3) is 0.389. The summed E-state index contributed by atoms with van der Waals surface area (Å²) in [5.74, 6) is 0.456. The summed E-state index contributed by atoms with van der Waals surface area (Å²) in [7, 11) is 1.75. The standard InChI is InChI=1S/C18H23N5O/c1-13-5-4-6-15(11-13)22-7-9-23(10-8-22)17(24)16-12-14(2)20-18(19-3)21-16/h4-6,11-12H,7-10H2,1-3H3,(H,19,20,21). The molecule has 0 bridgehead atoms. The summed E-state index contributed by atoms with van der Waals surface area (Å²) in [6.07, 6.45) is 0. The molecule has 1 saturated heterocycles. The zero-order chi connectivity index (χ0) is 17.1. The van der Waals surface area contributed by atoms with Gasteiger partial charge in [-0.3, -0.25) is 4.79 Å². The van der Waals surface area contributed by atoms with Crippen molar-refractivity contribution in [1.29, 1.82) is 0 Å². The first kappa shape index (κ1) is 16.2. The average Bonchev–Trinajstić information content (AvgIpc) is 2.60. The van der Waals surface area contributed by atoms with Gasteiger partial charge in [-0.05, 0) is 37.6 Å². The number of rotatable bonds is 3. The number of hydrogen-bond acceptors (Lipinski definition) is 5. The van der Waals surface area contributed by atoms with Gasteiger partial charge in [0, 0.05) is 44.6 Å². The van der Waals surface area contributed by atoms with E-state index in [1.807, 2.05) is 11.8 Å². The lowest BCUT2D eigenvalue weighted by Gasteiger charge is -2.36. The lowest BCUT2D eigenvalue weighted by molar-refractivity contribution is 0.0740. The molecule has 1 aromatic carbocycles. The van der Waals surface area contributed by atoms with Crippen LogP contribution < -0.4 is 10.2 Å². The maximum atomic E-state index is 12.7. The SMILES string of the molecule is CNc1nc(C)cc(C(=O)N2CCN(c3cccc(C)c3)CC2)n1. The van der Waals surface area contributed by atoms with Crippen molar-refractivity contribution in [2.24, 2.45) is 0 Å². The minimum absolute atomic E-state index is 0.0270. The molecule has 6 heteroatoms. The Kier molecular flexibility index (Phi) is 4.64. The third-order valence-electron chi connectivity index (χ3n) is 4.23. The maximum Gasteiger partial charge on any atom is 0.272 e. The van der Waals surface area contributed by atoms with Gasteiger partial charge in [-0.2, -0.15) is 0 Å². The highest BCUT2D eigenvalue weighted by Gasteiger charge is 2.23. The Morgan fingerprint density at radius 1 is 1.08 bits per heavy atom. The summed E-state index contributed by atoms with van der Waals surface area (Å²) in [5, 5.41) is 2.90. The molecule has 1 N–H and O–H groups in total. The topological polar surface area (TPSA) is 61.4 Å². The predicted octanol–water partition coefficient (Wildman–Crippen LogP) is 2.10. The number of amides is 1. The van der Waals surface area contributed by atoms with E-state index >= 15 is 0 Å². The van der Waals surface area contributed by atoms with Gasteiger partial charge < -0.3 is 15.1 Å². The van der Waals surface area contributed by atoms with Gasteiger partial charge in [-0.15, -0.1) is 0 Å². The fourth-order valence-electron chi connectivity index (χ4n) is 2.94. The van der Waals surface area contributed by atoms with Crippen LogP contribution in [0, 0.1) is 13.8 Å². The number of benzene rings is 1. The van der Waals surface area contributed by atoms with Crippen LogP contribution in [0.15, 0.2) is 30.3 Å². The van der Waals surface area contributed by atoms with Crippen LogP contribution in [0.3, 0.4) is 0 Å². The van der Waals surface area contributed by atoms with E-state index in [1.54, 1.807) is 13.1 Å². The van der Waals surface area contributed by atoms with Crippen molar-refractivity contribution in [3.05, 3.63) is 47.3 Å². The van der Waals surface area contributed by atoms with E-state index in [-0.39, 0.29) is 5.91 Å². The van der Waals surface area contributed by atoms with Crippen molar-refractivity contribution in [1.82, 2.24) is 14.9 Å². The van der Waals surface area contributed by atoms with Gasteiger partial charge in [-0.1, -0.05) is 12.1 Å². The molecule has 1 aliphatic rings. The number of aryl methyl sites for hydroxylation is 2. The average molecular weight is 325 g/mol. The molecule has 24 heavy (non-hydrogen) atoms. The van der Waals surface area contributed by atoms with E-state index in [0.717, 1.165) is 18.8 Å². The van der Waals surface area contributed by atoms with Crippen LogP contribution in [0.1, 0.15) is 21.7 Å². The molecule has 6 nitrogen and oxygen atoms in total. The number of piperazine rings is 1. The predicted molar refractivity (Wildman–Crippen MR) is 95.6 cm³/mol. The van der Waals surface area contributed by atoms with Gasteiger partial charge in [0.2, 0.25) is 5.95 Å². The van der Waals surface area contributed by atoms with Crippen molar-refractivity contribution in [3.8, 4) is 0 Å². The number of anilines is 2. The summed E-state index contributed by atoms with van der Waals surface area (Å²) in [6.45, 7) is 7.03. The highest BCUT2D eigenvalue weighted by molar-refractivity contribution is 5.92. The Hall–Kier alpha value is -2.63. The molecule has 0 aliphatic carbocycles. The van der Waals surface area contributed by atoms with E-state index in [1.165, 1.54) is 11.3 Å². The van der Waals surface area contributed by atoms with Crippen molar-refractivity contribution < 1.29 is 4.79 Å². The first-order valence-corrected chi connectivity index (χ1v) is 8.21. The molecular weight excluding hydrogens is 302 g/mol. The minimum Gasteiger partial charge on any atom is -0.368 e. The zero-order valence-corrected chi connectivity index (χ0v) is 14.4. The van der Waals surface area contributed by atoms with E-state index in [0.29, 0.717) is 24.7 Å². The van der Waals surface area contributed by atoms with Crippen LogP contribution in [-0.4, -0.2) is 54.0 Å². The molecule has 1 aliphatic heterocycles. The molecule has 2 heterocycles. The van der Waals surface area contributed by atoms with Crippen molar-refractivity contribution in [2.45, 2.75) is 13.8 Å². The van der Waals surface area contributed by atoms with Crippen molar-refractivity contribution in [3.63, 3.8) is 0 Å². The molecule has 0 radical (unpaired) electrons. The maximum absolute atomic E-state index is 12.7. The second-order valence-corrected chi connectivity index (χ2v) is 6.09. The molecular formula is C18H23N5O. The molecule has 1 fully saturated rings. The van der Waals surface area contributed by atoms with E-state index < -0.39 is 0 Å². The first-order valence-electron chi connectivity index (χ1n) is 8.21. The molecule has 0 saturated carbocycles. The monoisotopic (exact) mass is 325 g/mol.